The lowest BCUT2D eigenvalue weighted by molar-refractivity contribution is -0.121. The summed E-state index contributed by atoms with van der Waals surface area (Å²) in [7, 11) is 0. The predicted molar refractivity (Wildman–Crippen MR) is 98.4 cm³/mol. The van der Waals surface area contributed by atoms with Gasteiger partial charge in [0, 0.05) is 35.5 Å². The van der Waals surface area contributed by atoms with Crippen LogP contribution in [0.2, 0.25) is 0 Å². The lowest BCUT2D eigenvalue weighted by Gasteiger charge is -2.22. The van der Waals surface area contributed by atoms with E-state index < -0.39 is 0 Å². The molecule has 1 saturated carbocycles. The van der Waals surface area contributed by atoms with Crippen LogP contribution in [0.15, 0.2) is 43.1 Å². The Morgan fingerprint density at radius 3 is 3.08 bits per heavy atom. The summed E-state index contributed by atoms with van der Waals surface area (Å²) in [6, 6.07) is 6.82. The highest BCUT2D eigenvalue weighted by Gasteiger charge is 2.29. The van der Waals surface area contributed by atoms with Crippen LogP contribution in [0, 0.1) is 0 Å². The summed E-state index contributed by atoms with van der Waals surface area (Å²) in [5, 5.41) is 4.41. The average Bonchev–Trinajstić information content (AvgIpc) is 3.35. The Morgan fingerprint density at radius 1 is 1.36 bits per heavy atom. The van der Waals surface area contributed by atoms with Crippen molar-refractivity contribution in [2.24, 2.45) is 0 Å². The summed E-state index contributed by atoms with van der Waals surface area (Å²) < 4.78 is 2.12. The van der Waals surface area contributed by atoms with Crippen molar-refractivity contribution in [1.82, 2.24) is 19.9 Å². The minimum Gasteiger partial charge on any atom is -0.361 e. The number of carbonyl (C=O) groups is 1. The first kappa shape index (κ1) is 15.9. The highest BCUT2D eigenvalue weighted by molar-refractivity contribution is 5.90. The summed E-state index contributed by atoms with van der Waals surface area (Å²) in [6.45, 7) is 2.15. The minimum atomic E-state index is 0.0971. The number of benzene rings is 1. The second-order valence-corrected chi connectivity index (χ2v) is 6.87. The summed E-state index contributed by atoms with van der Waals surface area (Å²) in [5.74, 6) is 0.0971. The molecule has 0 spiro atoms. The maximum Gasteiger partial charge on any atom is 0.224 e. The van der Waals surface area contributed by atoms with Gasteiger partial charge in [-0.3, -0.25) is 4.79 Å². The molecule has 0 radical (unpaired) electrons. The number of nitrogens with zero attached hydrogens (tertiary/aromatic N) is 2. The van der Waals surface area contributed by atoms with Crippen LogP contribution in [0.25, 0.3) is 10.9 Å². The van der Waals surface area contributed by atoms with E-state index >= 15 is 0 Å². The number of H-pyrrole nitrogens is 1. The van der Waals surface area contributed by atoms with Crippen LogP contribution in [-0.4, -0.2) is 26.5 Å². The van der Waals surface area contributed by atoms with E-state index in [1.54, 1.807) is 6.20 Å². The highest BCUT2D eigenvalue weighted by atomic mass is 16.1. The Kier molecular flexibility index (Phi) is 4.30. The topological polar surface area (TPSA) is 62.7 Å². The molecule has 3 aromatic rings. The number of para-hydroxylation sites is 1. The molecule has 1 aliphatic rings. The predicted octanol–water partition coefficient (Wildman–Crippen LogP) is 3.38. The number of fused-ring (bicyclic) bond motifs is 1. The van der Waals surface area contributed by atoms with Crippen molar-refractivity contribution in [3.05, 3.63) is 54.2 Å². The Balaban J connectivity index is 1.47. The van der Waals surface area contributed by atoms with Crippen LogP contribution in [-0.2, 0) is 17.6 Å². The number of imidazole rings is 1. The Hall–Kier alpha value is -2.56. The third kappa shape index (κ3) is 3.06. The molecule has 1 amide bonds. The minimum absolute atomic E-state index is 0.0971. The van der Waals surface area contributed by atoms with E-state index in [1.807, 2.05) is 18.7 Å². The van der Waals surface area contributed by atoms with Gasteiger partial charge in [-0.25, -0.2) is 4.98 Å². The molecule has 2 N–H and O–H groups in total. The molecule has 5 nitrogen and oxygen atoms in total. The van der Waals surface area contributed by atoms with Crippen molar-refractivity contribution in [1.29, 1.82) is 0 Å². The first-order valence-corrected chi connectivity index (χ1v) is 9.11. The van der Waals surface area contributed by atoms with Crippen LogP contribution in [0.5, 0.6) is 0 Å². The summed E-state index contributed by atoms with van der Waals surface area (Å²) in [5.41, 5.74) is 3.52. The van der Waals surface area contributed by atoms with Crippen LogP contribution in [0.4, 0.5) is 0 Å². The van der Waals surface area contributed by atoms with Gasteiger partial charge in [0.2, 0.25) is 5.91 Å². The number of nitrogens with one attached hydrogen (secondary N) is 2. The first-order chi connectivity index (χ1) is 12.3. The number of rotatable bonds is 5. The Morgan fingerprint density at radius 2 is 2.28 bits per heavy atom. The largest absolute Gasteiger partial charge is 0.361 e. The standard InChI is InChI=1S/C20H24N4O/c1-2-14-5-3-6-16-15(12-22-20(14)16)11-19(25)23-17-7-4-8-18(17)24-10-9-21-13-24/h3,5-6,9-10,12-13,17-18,22H,2,4,7-8,11H2,1H3,(H,23,25). The molecular formula is C20H24N4O. The van der Waals surface area contributed by atoms with E-state index in [4.69, 9.17) is 0 Å². The lowest BCUT2D eigenvalue weighted by Crippen LogP contribution is -2.38. The molecule has 2 aromatic heterocycles. The molecule has 0 bridgehead atoms. The Labute approximate surface area is 147 Å². The van der Waals surface area contributed by atoms with Gasteiger partial charge in [-0.05, 0) is 36.8 Å². The van der Waals surface area contributed by atoms with Gasteiger partial charge in [-0.15, -0.1) is 0 Å². The smallest absolute Gasteiger partial charge is 0.224 e. The van der Waals surface area contributed by atoms with Crippen molar-refractivity contribution >= 4 is 16.8 Å². The third-order valence-electron chi connectivity index (χ3n) is 5.35. The van der Waals surface area contributed by atoms with Crippen LogP contribution < -0.4 is 5.32 Å². The van der Waals surface area contributed by atoms with Crippen molar-refractivity contribution < 1.29 is 4.79 Å². The van der Waals surface area contributed by atoms with Crippen molar-refractivity contribution in [2.75, 3.05) is 0 Å². The molecule has 2 atom stereocenters. The van der Waals surface area contributed by atoms with E-state index in [-0.39, 0.29) is 11.9 Å². The quantitative estimate of drug-likeness (QED) is 0.750. The molecular weight excluding hydrogens is 312 g/mol. The zero-order valence-corrected chi connectivity index (χ0v) is 14.5. The van der Waals surface area contributed by atoms with Gasteiger partial charge < -0.3 is 14.9 Å². The van der Waals surface area contributed by atoms with E-state index in [1.165, 1.54) is 5.56 Å². The SMILES string of the molecule is CCc1cccc2c(CC(=O)NC3CCCC3n3ccnc3)c[nH]c12. The first-order valence-electron chi connectivity index (χ1n) is 9.11. The van der Waals surface area contributed by atoms with Crippen molar-refractivity contribution in [3.8, 4) is 0 Å². The van der Waals surface area contributed by atoms with Crippen LogP contribution in [0.1, 0.15) is 43.4 Å². The summed E-state index contributed by atoms with van der Waals surface area (Å²) in [6.07, 6.45) is 12.3. The molecule has 1 fully saturated rings. The number of aromatic amines is 1. The van der Waals surface area contributed by atoms with Crippen LogP contribution >= 0.6 is 0 Å². The van der Waals surface area contributed by atoms with E-state index in [9.17, 15) is 4.79 Å². The zero-order chi connectivity index (χ0) is 17.2. The molecule has 0 saturated heterocycles. The van der Waals surface area contributed by atoms with E-state index in [0.29, 0.717) is 12.5 Å². The molecule has 0 aliphatic heterocycles. The third-order valence-corrected chi connectivity index (χ3v) is 5.35. The molecule has 1 aromatic carbocycles. The lowest BCUT2D eigenvalue weighted by atomic mass is 10.0. The normalized spacial score (nSPS) is 20.2. The maximum atomic E-state index is 12.6. The number of hydrogen-bond acceptors (Lipinski definition) is 2. The van der Waals surface area contributed by atoms with Gasteiger partial charge in [0.05, 0.1) is 18.8 Å². The van der Waals surface area contributed by atoms with Gasteiger partial charge in [0.25, 0.3) is 0 Å². The van der Waals surface area contributed by atoms with Gasteiger partial charge in [-0.2, -0.15) is 0 Å². The summed E-state index contributed by atoms with van der Waals surface area (Å²) in [4.78, 5) is 20.1. The Bertz CT molecular complexity index is 865. The van der Waals surface area contributed by atoms with Gasteiger partial charge in [0.1, 0.15) is 0 Å². The molecule has 2 heterocycles. The molecule has 1 aliphatic carbocycles. The fraction of sp³-hybridized carbons (Fsp3) is 0.400. The zero-order valence-electron chi connectivity index (χ0n) is 14.5. The fourth-order valence-corrected chi connectivity index (χ4v) is 4.08. The molecule has 25 heavy (non-hydrogen) atoms. The second-order valence-electron chi connectivity index (χ2n) is 6.87. The number of hydrogen-bond donors (Lipinski definition) is 2. The molecule has 4 rings (SSSR count). The van der Waals surface area contributed by atoms with E-state index in [0.717, 1.165) is 42.1 Å². The molecule has 130 valence electrons. The van der Waals surface area contributed by atoms with Gasteiger partial charge in [-0.1, -0.05) is 25.1 Å². The molecule has 2 unspecified atom stereocenters. The van der Waals surface area contributed by atoms with Crippen molar-refractivity contribution in [2.45, 2.75) is 51.1 Å². The molecule has 5 heteroatoms. The maximum absolute atomic E-state index is 12.6. The van der Waals surface area contributed by atoms with Crippen molar-refractivity contribution in [3.63, 3.8) is 0 Å². The second kappa shape index (κ2) is 6.75. The number of carbonyl (C=O) groups excluding carboxylic acids is 1. The summed E-state index contributed by atoms with van der Waals surface area (Å²) >= 11 is 0. The highest BCUT2D eigenvalue weighted by Crippen LogP contribution is 2.30. The number of amides is 1. The number of aromatic nitrogens is 3. The fourth-order valence-electron chi connectivity index (χ4n) is 4.08. The van der Waals surface area contributed by atoms with E-state index in [2.05, 4.69) is 45.0 Å². The van der Waals surface area contributed by atoms with Crippen LogP contribution in [0.3, 0.4) is 0 Å². The monoisotopic (exact) mass is 336 g/mol. The average molecular weight is 336 g/mol. The van der Waals surface area contributed by atoms with Gasteiger partial charge >= 0.3 is 0 Å². The number of aryl methyl sites for hydroxylation is 1. The van der Waals surface area contributed by atoms with Gasteiger partial charge in [0.15, 0.2) is 0 Å².